The van der Waals surface area contributed by atoms with E-state index in [2.05, 4.69) is 15.9 Å². The molecule has 27 heavy (non-hydrogen) atoms. The Kier molecular flexibility index (Phi) is 6.11. The molecule has 2 aromatic carbocycles. The van der Waals surface area contributed by atoms with Gasteiger partial charge in [0.05, 0.1) is 0 Å². The Hall–Kier alpha value is -1.60. The molecule has 2 aromatic rings. The molecule has 0 spiro atoms. The van der Waals surface area contributed by atoms with Crippen LogP contribution in [0.25, 0.3) is 6.08 Å². The lowest BCUT2D eigenvalue weighted by molar-refractivity contribution is -0.121. The topological polar surface area (TPSA) is 32.8 Å². The van der Waals surface area contributed by atoms with Crippen LogP contribution < -0.4 is 4.74 Å². The molecule has 140 valence electrons. The second kappa shape index (κ2) is 8.19. The molecule has 1 heterocycles. The maximum atomic E-state index is 12.4. The third-order valence-electron chi connectivity index (χ3n) is 4.12. The van der Waals surface area contributed by atoms with Gasteiger partial charge in [-0.1, -0.05) is 45.2 Å². The maximum absolute atomic E-state index is 12.4. The highest BCUT2D eigenvalue weighted by Crippen LogP contribution is 2.30. The first-order chi connectivity index (χ1) is 12.8. The van der Waals surface area contributed by atoms with Crippen molar-refractivity contribution in [3.05, 3.63) is 67.7 Å². The SMILES string of the molecule is CN1C(=O)/C(=C/c2cc(Br)ccc2OCc2ccc(Cl)cc2Cl)N(C)C1=S. The number of carbonyl (C=O) groups excluding carboxylic acids is 1. The van der Waals surface area contributed by atoms with Crippen molar-refractivity contribution in [2.45, 2.75) is 6.61 Å². The van der Waals surface area contributed by atoms with Crippen LogP contribution in [-0.2, 0) is 11.4 Å². The van der Waals surface area contributed by atoms with Crippen molar-refractivity contribution < 1.29 is 9.53 Å². The maximum Gasteiger partial charge on any atom is 0.276 e. The molecule has 1 amide bonds. The number of hydrogen-bond donors (Lipinski definition) is 0. The lowest BCUT2D eigenvalue weighted by Gasteiger charge is -2.13. The first-order valence-corrected chi connectivity index (χ1v) is 9.87. The summed E-state index contributed by atoms with van der Waals surface area (Å²) in [6.45, 7) is 0.274. The van der Waals surface area contributed by atoms with E-state index in [0.29, 0.717) is 26.6 Å². The first kappa shape index (κ1) is 20.1. The Balaban J connectivity index is 1.91. The molecule has 0 N–H and O–H groups in total. The molecule has 0 aliphatic carbocycles. The zero-order valence-electron chi connectivity index (χ0n) is 14.5. The highest BCUT2D eigenvalue weighted by molar-refractivity contribution is 9.10. The van der Waals surface area contributed by atoms with Crippen LogP contribution in [0, 0.1) is 0 Å². The lowest BCUT2D eigenvalue weighted by atomic mass is 10.1. The molecule has 0 atom stereocenters. The summed E-state index contributed by atoms with van der Waals surface area (Å²) in [6.07, 6.45) is 1.77. The molecule has 3 rings (SSSR count). The molecule has 8 heteroatoms. The fraction of sp³-hybridized carbons (Fsp3) is 0.158. The largest absolute Gasteiger partial charge is 0.488 e. The standard InChI is InChI=1S/C19H15BrCl2N2O2S/c1-23-16(18(25)24(2)19(23)27)8-12-7-13(20)4-6-17(12)26-10-11-3-5-14(21)9-15(11)22/h3-9H,10H2,1-2H3/b16-8-. The van der Waals surface area contributed by atoms with Gasteiger partial charge in [-0.05, 0) is 48.6 Å². The second-order valence-corrected chi connectivity index (χ2v) is 8.07. The Morgan fingerprint density at radius 1 is 1.15 bits per heavy atom. The summed E-state index contributed by atoms with van der Waals surface area (Å²) in [5.41, 5.74) is 2.05. The van der Waals surface area contributed by atoms with E-state index < -0.39 is 0 Å². The van der Waals surface area contributed by atoms with E-state index in [0.717, 1.165) is 15.6 Å². The van der Waals surface area contributed by atoms with E-state index in [1.54, 1.807) is 37.2 Å². The fourth-order valence-corrected chi connectivity index (χ4v) is 3.62. The summed E-state index contributed by atoms with van der Waals surface area (Å²) in [6, 6.07) is 10.9. The van der Waals surface area contributed by atoms with Crippen molar-refractivity contribution in [2.75, 3.05) is 14.1 Å². The molecule has 1 saturated heterocycles. The van der Waals surface area contributed by atoms with Gasteiger partial charge in [-0.3, -0.25) is 9.69 Å². The van der Waals surface area contributed by atoms with Crippen LogP contribution in [-0.4, -0.2) is 34.9 Å². The number of ether oxygens (including phenoxy) is 1. The number of benzene rings is 2. The summed E-state index contributed by atoms with van der Waals surface area (Å²) in [7, 11) is 3.42. The van der Waals surface area contributed by atoms with Crippen molar-refractivity contribution in [3.63, 3.8) is 0 Å². The van der Waals surface area contributed by atoms with Crippen molar-refractivity contribution >= 4 is 68.4 Å². The Morgan fingerprint density at radius 3 is 2.52 bits per heavy atom. The van der Waals surface area contributed by atoms with Crippen LogP contribution in [0.4, 0.5) is 0 Å². The number of halogens is 3. The summed E-state index contributed by atoms with van der Waals surface area (Å²) in [4.78, 5) is 15.5. The van der Waals surface area contributed by atoms with Crippen LogP contribution in [0.2, 0.25) is 10.0 Å². The molecule has 0 aromatic heterocycles. The van der Waals surface area contributed by atoms with Gasteiger partial charge < -0.3 is 9.64 Å². The predicted molar refractivity (Wildman–Crippen MR) is 116 cm³/mol. The number of thiocarbonyl (C=S) groups is 1. The van der Waals surface area contributed by atoms with Gasteiger partial charge in [0.15, 0.2) is 5.11 Å². The van der Waals surface area contributed by atoms with Gasteiger partial charge in [-0.15, -0.1) is 0 Å². The highest BCUT2D eigenvalue weighted by atomic mass is 79.9. The number of rotatable bonds is 4. The summed E-state index contributed by atoms with van der Waals surface area (Å²) in [5.74, 6) is 0.465. The fourth-order valence-electron chi connectivity index (χ4n) is 2.59. The number of carbonyl (C=O) groups is 1. The van der Waals surface area contributed by atoms with Gasteiger partial charge in [0.1, 0.15) is 18.1 Å². The van der Waals surface area contributed by atoms with Crippen molar-refractivity contribution in [1.82, 2.24) is 9.80 Å². The number of nitrogens with zero attached hydrogens (tertiary/aromatic N) is 2. The van der Waals surface area contributed by atoms with E-state index in [-0.39, 0.29) is 12.5 Å². The Morgan fingerprint density at radius 2 is 1.89 bits per heavy atom. The molecular weight excluding hydrogens is 471 g/mol. The van der Waals surface area contributed by atoms with Crippen LogP contribution in [0.15, 0.2) is 46.6 Å². The second-order valence-electron chi connectivity index (χ2n) is 5.94. The normalized spacial score (nSPS) is 15.8. The van der Waals surface area contributed by atoms with Gasteiger partial charge in [-0.25, -0.2) is 0 Å². The molecule has 1 fully saturated rings. The Labute approximate surface area is 181 Å². The molecule has 0 saturated carbocycles. The zero-order valence-corrected chi connectivity index (χ0v) is 18.4. The van der Waals surface area contributed by atoms with E-state index in [4.69, 9.17) is 40.2 Å². The number of hydrogen-bond acceptors (Lipinski definition) is 3. The van der Waals surface area contributed by atoms with Crippen molar-refractivity contribution in [3.8, 4) is 5.75 Å². The monoisotopic (exact) mass is 484 g/mol. The highest BCUT2D eigenvalue weighted by Gasteiger charge is 2.32. The van der Waals surface area contributed by atoms with E-state index in [1.165, 1.54) is 4.90 Å². The third-order valence-corrected chi connectivity index (χ3v) is 5.75. The Bertz CT molecular complexity index is 965. The third kappa shape index (κ3) is 4.29. The van der Waals surface area contributed by atoms with Gasteiger partial charge in [0, 0.05) is 39.7 Å². The van der Waals surface area contributed by atoms with Gasteiger partial charge >= 0.3 is 0 Å². The van der Waals surface area contributed by atoms with E-state index in [9.17, 15) is 4.79 Å². The van der Waals surface area contributed by atoms with Gasteiger partial charge in [-0.2, -0.15) is 0 Å². The molecule has 1 aliphatic rings. The zero-order chi connectivity index (χ0) is 19.7. The molecule has 0 unspecified atom stereocenters. The van der Waals surface area contributed by atoms with E-state index >= 15 is 0 Å². The summed E-state index contributed by atoms with van der Waals surface area (Å²) >= 11 is 20.9. The average molecular weight is 486 g/mol. The summed E-state index contributed by atoms with van der Waals surface area (Å²) in [5, 5.41) is 1.56. The van der Waals surface area contributed by atoms with Gasteiger partial charge in [0.2, 0.25) is 0 Å². The minimum absolute atomic E-state index is 0.158. The summed E-state index contributed by atoms with van der Waals surface area (Å²) < 4.78 is 6.83. The molecule has 1 aliphatic heterocycles. The van der Waals surface area contributed by atoms with Crippen LogP contribution >= 0.6 is 51.3 Å². The van der Waals surface area contributed by atoms with E-state index in [1.807, 2.05) is 24.3 Å². The van der Waals surface area contributed by atoms with Crippen LogP contribution in [0.5, 0.6) is 5.75 Å². The number of amides is 1. The first-order valence-electron chi connectivity index (χ1n) is 7.91. The lowest BCUT2D eigenvalue weighted by Crippen LogP contribution is -2.26. The van der Waals surface area contributed by atoms with Crippen LogP contribution in [0.3, 0.4) is 0 Å². The average Bonchev–Trinajstić information content (AvgIpc) is 2.80. The van der Waals surface area contributed by atoms with Crippen LogP contribution in [0.1, 0.15) is 11.1 Å². The molecule has 0 radical (unpaired) electrons. The smallest absolute Gasteiger partial charge is 0.276 e. The van der Waals surface area contributed by atoms with Crippen molar-refractivity contribution in [1.29, 1.82) is 0 Å². The molecule has 0 bridgehead atoms. The molecular formula is C19H15BrCl2N2O2S. The molecule has 4 nitrogen and oxygen atoms in total. The van der Waals surface area contributed by atoms with Crippen molar-refractivity contribution in [2.24, 2.45) is 0 Å². The minimum atomic E-state index is -0.158. The number of likely N-dealkylation sites (N-methyl/N-ethyl adjacent to an activating group) is 2. The van der Waals surface area contributed by atoms with Gasteiger partial charge in [0.25, 0.3) is 5.91 Å². The minimum Gasteiger partial charge on any atom is -0.488 e. The quantitative estimate of drug-likeness (QED) is 0.430. The predicted octanol–water partition coefficient (Wildman–Crippen LogP) is 5.36.